The normalized spacial score (nSPS) is 17.2. The van der Waals surface area contributed by atoms with Gasteiger partial charge in [0.2, 0.25) is 0 Å². The van der Waals surface area contributed by atoms with Crippen molar-refractivity contribution in [1.82, 2.24) is 0 Å². The molecule has 10 heavy (non-hydrogen) atoms. The average Bonchev–Trinajstić information content (AvgIpc) is 2.74. The summed E-state index contributed by atoms with van der Waals surface area (Å²) < 4.78 is 0. The first-order valence-corrected chi connectivity index (χ1v) is 4.34. The maximum Gasteiger partial charge on any atom is 0.0358 e. The van der Waals surface area contributed by atoms with Gasteiger partial charge in [-0.15, -0.1) is 11.8 Å². The largest absolute Gasteiger partial charge is 0.118 e. The van der Waals surface area contributed by atoms with E-state index in [9.17, 15) is 0 Å². The molecule has 0 spiro atoms. The van der Waals surface area contributed by atoms with Gasteiger partial charge >= 0.3 is 0 Å². The Morgan fingerprint density at radius 2 is 1.70 bits per heavy atom. The van der Waals surface area contributed by atoms with Crippen LogP contribution in [0.3, 0.4) is 0 Å². The average molecular weight is 149 g/mol. The Bertz CT molecular complexity index is 201. The Hall–Kier alpha value is -0.430. The molecular formula is C9H9S. The highest BCUT2D eigenvalue weighted by Gasteiger charge is 2.23. The lowest BCUT2D eigenvalue weighted by molar-refractivity contribution is 1.46. The molecule has 1 aromatic rings. The zero-order valence-corrected chi connectivity index (χ0v) is 6.53. The van der Waals surface area contributed by atoms with E-state index in [1.807, 2.05) is 11.8 Å². The van der Waals surface area contributed by atoms with Crippen molar-refractivity contribution < 1.29 is 0 Å². The van der Waals surface area contributed by atoms with Gasteiger partial charge in [-0.2, -0.15) is 0 Å². The first-order chi connectivity index (χ1) is 4.95. The summed E-state index contributed by atoms with van der Waals surface area (Å²) in [7, 11) is 0. The molecule has 0 aliphatic heterocycles. The minimum Gasteiger partial charge on any atom is -0.118 e. The van der Waals surface area contributed by atoms with Gasteiger partial charge in [0, 0.05) is 10.1 Å². The molecule has 0 bridgehead atoms. The van der Waals surface area contributed by atoms with Crippen LogP contribution in [0, 0.1) is 5.25 Å². The fourth-order valence-corrected chi connectivity index (χ4v) is 1.74. The van der Waals surface area contributed by atoms with E-state index in [2.05, 4.69) is 30.3 Å². The van der Waals surface area contributed by atoms with Crippen molar-refractivity contribution in [3.05, 3.63) is 35.6 Å². The van der Waals surface area contributed by atoms with Crippen molar-refractivity contribution >= 4 is 11.8 Å². The molecule has 1 saturated carbocycles. The van der Waals surface area contributed by atoms with E-state index in [0.29, 0.717) is 0 Å². The van der Waals surface area contributed by atoms with E-state index in [-0.39, 0.29) is 0 Å². The number of benzene rings is 1. The Labute approximate surface area is 65.6 Å². The maximum atomic E-state index is 2.16. The minimum absolute atomic E-state index is 1.33. The molecule has 0 atom stereocenters. The monoisotopic (exact) mass is 149 g/mol. The van der Waals surface area contributed by atoms with Crippen LogP contribution in [0.15, 0.2) is 35.2 Å². The molecule has 1 aliphatic rings. The van der Waals surface area contributed by atoms with E-state index in [1.165, 1.54) is 17.7 Å². The molecule has 1 radical (unpaired) electrons. The van der Waals surface area contributed by atoms with Crippen LogP contribution in [0.25, 0.3) is 0 Å². The fraction of sp³-hybridized carbons (Fsp3) is 0.222. The molecule has 0 N–H and O–H groups in total. The molecule has 0 aromatic heterocycles. The van der Waals surface area contributed by atoms with Crippen molar-refractivity contribution in [1.29, 1.82) is 0 Å². The lowest BCUT2D eigenvalue weighted by Crippen LogP contribution is -1.66. The highest BCUT2D eigenvalue weighted by Crippen LogP contribution is 2.46. The van der Waals surface area contributed by atoms with Crippen LogP contribution in [-0.2, 0) is 0 Å². The van der Waals surface area contributed by atoms with Crippen LogP contribution in [0.5, 0.6) is 0 Å². The summed E-state index contributed by atoms with van der Waals surface area (Å²) in [4.78, 5) is 1.38. The first-order valence-electron chi connectivity index (χ1n) is 3.53. The SMILES string of the molecule is c1ccc(S[C]2CC2)cc1. The fourth-order valence-electron chi connectivity index (χ4n) is 0.808. The molecule has 51 valence electrons. The Morgan fingerprint density at radius 3 is 2.30 bits per heavy atom. The van der Waals surface area contributed by atoms with Gasteiger partial charge in [0.15, 0.2) is 0 Å². The number of hydrogen-bond donors (Lipinski definition) is 0. The molecular weight excluding hydrogens is 140 g/mol. The number of thioether (sulfide) groups is 1. The zero-order chi connectivity index (χ0) is 6.81. The summed E-state index contributed by atoms with van der Waals surface area (Å²) in [6.45, 7) is 0. The van der Waals surface area contributed by atoms with Crippen molar-refractivity contribution in [2.75, 3.05) is 0 Å². The van der Waals surface area contributed by atoms with Gasteiger partial charge in [-0.25, -0.2) is 0 Å². The van der Waals surface area contributed by atoms with Gasteiger partial charge in [-0.05, 0) is 25.0 Å². The summed E-state index contributed by atoms with van der Waals surface area (Å²) in [5.74, 6) is 0. The summed E-state index contributed by atoms with van der Waals surface area (Å²) in [6.07, 6.45) is 2.67. The van der Waals surface area contributed by atoms with Crippen LogP contribution in [0.1, 0.15) is 12.8 Å². The van der Waals surface area contributed by atoms with E-state index in [0.717, 1.165) is 0 Å². The van der Waals surface area contributed by atoms with Crippen LogP contribution in [0.4, 0.5) is 0 Å². The molecule has 0 unspecified atom stereocenters. The van der Waals surface area contributed by atoms with Crippen LogP contribution < -0.4 is 0 Å². The summed E-state index contributed by atoms with van der Waals surface area (Å²) in [5.41, 5.74) is 0. The zero-order valence-electron chi connectivity index (χ0n) is 5.71. The highest BCUT2D eigenvalue weighted by molar-refractivity contribution is 8.02. The van der Waals surface area contributed by atoms with Gasteiger partial charge < -0.3 is 0 Å². The molecule has 1 heteroatoms. The van der Waals surface area contributed by atoms with E-state index < -0.39 is 0 Å². The lowest BCUT2D eigenvalue weighted by atomic mass is 10.4. The van der Waals surface area contributed by atoms with Crippen molar-refractivity contribution in [3.8, 4) is 0 Å². The quantitative estimate of drug-likeness (QED) is 0.622. The third kappa shape index (κ3) is 1.54. The second-order valence-electron chi connectivity index (χ2n) is 2.45. The molecule has 0 saturated heterocycles. The minimum atomic E-state index is 1.33. The third-order valence-corrected chi connectivity index (χ3v) is 2.66. The molecule has 1 fully saturated rings. The highest BCUT2D eigenvalue weighted by atomic mass is 32.2. The summed E-state index contributed by atoms with van der Waals surface area (Å²) >= 11 is 1.93. The molecule has 0 heterocycles. The molecule has 2 rings (SSSR count). The molecule has 0 nitrogen and oxygen atoms in total. The van der Waals surface area contributed by atoms with Gasteiger partial charge in [0.1, 0.15) is 0 Å². The molecule has 1 aliphatic carbocycles. The van der Waals surface area contributed by atoms with Crippen LogP contribution in [-0.4, -0.2) is 0 Å². The Morgan fingerprint density at radius 1 is 1.00 bits per heavy atom. The standard InChI is InChI=1S/C9H9S/c1-2-4-8(5-3-1)10-9-6-7-9/h1-5H,6-7H2. The predicted molar refractivity (Wildman–Crippen MR) is 44.8 cm³/mol. The van der Waals surface area contributed by atoms with Crippen LogP contribution >= 0.6 is 11.8 Å². The van der Waals surface area contributed by atoms with E-state index in [4.69, 9.17) is 0 Å². The topological polar surface area (TPSA) is 0 Å². The van der Waals surface area contributed by atoms with E-state index >= 15 is 0 Å². The molecule has 0 amide bonds. The Kier molecular flexibility index (Phi) is 1.68. The first kappa shape index (κ1) is 6.29. The third-order valence-electron chi connectivity index (χ3n) is 1.46. The van der Waals surface area contributed by atoms with E-state index in [1.54, 1.807) is 5.25 Å². The smallest absolute Gasteiger partial charge is 0.0358 e. The number of hydrogen-bond acceptors (Lipinski definition) is 1. The number of rotatable bonds is 2. The maximum absolute atomic E-state index is 2.16. The van der Waals surface area contributed by atoms with Gasteiger partial charge in [0.05, 0.1) is 0 Å². The summed E-state index contributed by atoms with van der Waals surface area (Å²) in [6, 6.07) is 10.6. The summed E-state index contributed by atoms with van der Waals surface area (Å²) in [5, 5.41) is 1.63. The van der Waals surface area contributed by atoms with Gasteiger partial charge in [-0.3, -0.25) is 0 Å². The van der Waals surface area contributed by atoms with Crippen molar-refractivity contribution in [2.45, 2.75) is 17.7 Å². The van der Waals surface area contributed by atoms with Crippen LogP contribution in [0.2, 0.25) is 0 Å². The lowest BCUT2D eigenvalue weighted by Gasteiger charge is -1.94. The second kappa shape index (κ2) is 2.67. The Balaban J connectivity index is 2.03. The predicted octanol–water partition coefficient (Wildman–Crippen LogP) is 3.10. The van der Waals surface area contributed by atoms with Gasteiger partial charge in [0.25, 0.3) is 0 Å². The van der Waals surface area contributed by atoms with Gasteiger partial charge in [-0.1, -0.05) is 18.2 Å². The molecule has 1 aromatic carbocycles. The van der Waals surface area contributed by atoms with Crippen molar-refractivity contribution in [2.24, 2.45) is 0 Å². The second-order valence-corrected chi connectivity index (χ2v) is 3.71. The van der Waals surface area contributed by atoms with Crippen molar-refractivity contribution in [3.63, 3.8) is 0 Å².